The minimum absolute atomic E-state index is 0.311. The molecular weight excluding hydrogens is 216 g/mol. The molecule has 6 heteroatoms. The Bertz CT molecular complexity index is 267. The maximum atomic E-state index is 11.4. The Morgan fingerprint density at radius 1 is 1.40 bits per heavy atom. The molecule has 1 N–H and O–H groups in total. The molecule has 1 aliphatic heterocycles. The van der Waals surface area contributed by atoms with Crippen molar-refractivity contribution in [3.63, 3.8) is 0 Å². The van der Waals surface area contributed by atoms with Crippen molar-refractivity contribution in [3.05, 3.63) is 0 Å². The van der Waals surface area contributed by atoms with E-state index in [9.17, 15) is 8.42 Å². The Morgan fingerprint density at radius 3 is 2.80 bits per heavy atom. The summed E-state index contributed by atoms with van der Waals surface area (Å²) in [5, 5.41) is 3.15. The Hall–Kier alpha value is -0.170. The number of hydrogen-bond acceptors (Lipinski definition) is 4. The van der Waals surface area contributed by atoms with Crippen LogP contribution >= 0.6 is 0 Å². The van der Waals surface area contributed by atoms with Gasteiger partial charge in [-0.3, -0.25) is 0 Å². The fourth-order valence-electron chi connectivity index (χ4n) is 1.56. The van der Waals surface area contributed by atoms with Gasteiger partial charge in [-0.2, -0.15) is 0 Å². The molecule has 0 spiro atoms. The van der Waals surface area contributed by atoms with Gasteiger partial charge in [-0.15, -0.1) is 0 Å². The maximum Gasteiger partial charge on any atom is 0.214 e. The first kappa shape index (κ1) is 12.9. The van der Waals surface area contributed by atoms with Crippen LogP contribution in [0.3, 0.4) is 0 Å². The summed E-state index contributed by atoms with van der Waals surface area (Å²) in [6.07, 6.45) is 0.765. The van der Waals surface area contributed by atoms with Crippen molar-refractivity contribution in [2.45, 2.75) is 13.3 Å². The number of nitrogens with zero attached hydrogens (tertiary/aromatic N) is 1. The van der Waals surface area contributed by atoms with Crippen molar-refractivity contribution >= 4 is 10.0 Å². The van der Waals surface area contributed by atoms with Gasteiger partial charge >= 0.3 is 0 Å². The largest absolute Gasteiger partial charge is 0.380 e. The molecule has 0 aromatic rings. The predicted molar refractivity (Wildman–Crippen MR) is 59.3 cm³/mol. The summed E-state index contributed by atoms with van der Waals surface area (Å²) in [7, 11) is -2.92. The van der Waals surface area contributed by atoms with E-state index >= 15 is 0 Å². The van der Waals surface area contributed by atoms with Crippen molar-refractivity contribution in [1.82, 2.24) is 9.62 Å². The van der Waals surface area contributed by atoms with Crippen molar-refractivity contribution in [1.29, 1.82) is 0 Å². The normalized spacial score (nSPS) is 20.9. The number of sulfonamides is 1. The molecule has 0 aromatic heterocycles. The van der Waals surface area contributed by atoms with Gasteiger partial charge in [0.05, 0.1) is 12.4 Å². The van der Waals surface area contributed by atoms with E-state index in [1.54, 1.807) is 4.31 Å². The second kappa shape index (κ2) is 6.42. The SMILES string of the molecule is CCOCCNCCN1CCCS1(=O)=O. The maximum absolute atomic E-state index is 11.4. The zero-order chi connectivity index (χ0) is 11.1. The summed E-state index contributed by atoms with van der Waals surface area (Å²) in [5.74, 6) is 0.311. The number of hydrogen-bond donors (Lipinski definition) is 1. The molecule has 1 rings (SSSR count). The summed E-state index contributed by atoms with van der Waals surface area (Å²) >= 11 is 0. The Morgan fingerprint density at radius 2 is 2.20 bits per heavy atom. The lowest BCUT2D eigenvalue weighted by atomic mass is 10.4. The molecule has 0 amide bonds. The highest BCUT2D eigenvalue weighted by Crippen LogP contribution is 2.11. The highest BCUT2D eigenvalue weighted by atomic mass is 32.2. The van der Waals surface area contributed by atoms with Crippen molar-refractivity contribution in [2.24, 2.45) is 0 Å². The van der Waals surface area contributed by atoms with E-state index < -0.39 is 10.0 Å². The highest BCUT2D eigenvalue weighted by molar-refractivity contribution is 7.89. The number of ether oxygens (including phenoxy) is 1. The monoisotopic (exact) mass is 236 g/mol. The van der Waals surface area contributed by atoms with Gasteiger partial charge in [0.25, 0.3) is 0 Å². The molecule has 1 saturated heterocycles. The predicted octanol–water partition coefficient (Wildman–Crippen LogP) is -0.352. The van der Waals surface area contributed by atoms with Crippen LogP contribution in [-0.2, 0) is 14.8 Å². The lowest BCUT2D eigenvalue weighted by Crippen LogP contribution is -2.34. The van der Waals surface area contributed by atoms with Gasteiger partial charge < -0.3 is 10.1 Å². The first-order chi connectivity index (χ1) is 7.17. The van der Waals surface area contributed by atoms with Gasteiger partial charge in [0.15, 0.2) is 0 Å². The molecule has 0 aromatic carbocycles. The molecule has 0 bridgehead atoms. The van der Waals surface area contributed by atoms with Gasteiger partial charge in [0.1, 0.15) is 0 Å². The molecule has 0 radical (unpaired) electrons. The summed E-state index contributed by atoms with van der Waals surface area (Å²) in [4.78, 5) is 0. The van der Waals surface area contributed by atoms with Gasteiger partial charge in [-0.1, -0.05) is 0 Å². The van der Waals surface area contributed by atoms with Gasteiger partial charge in [-0.25, -0.2) is 12.7 Å². The number of nitrogens with one attached hydrogen (secondary N) is 1. The molecule has 0 saturated carbocycles. The third-order valence-corrected chi connectivity index (χ3v) is 4.32. The first-order valence-electron chi connectivity index (χ1n) is 5.43. The van der Waals surface area contributed by atoms with Crippen molar-refractivity contribution in [2.75, 3.05) is 45.1 Å². The average Bonchev–Trinajstić information content (AvgIpc) is 2.52. The molecule has 0 unspecified atom stereocenters. The average molecular weight is 236 g/mol. The van der Waals surface area contributed by atoms with Crippen LogP contribution in [0.25, 0.3) is 0 Å². The smallest absolute Gasteiger partial charge is 0.214 e. The summed E-state index contributed by atoms with van der Waals surface area (Å²) in [6, 6.07) is 0. The molecule has 1 fully saturated rings. The van der Waals surface area contributed by atoms with Crippen LogP contribution in [0.1, 0.15) is 13.3 Å². The first-order valence-corrected chi connectivity index (χ1v) is 7.04. The Kier molecular flexibility index (Phi) is 5.52. The third-order valence-electron chi connectivity index (χ3n) is 2.37. The molecule has 5 nitrogen and oxygen atoms in total. The third kappa shape index (κ3) is 4.46. The van der Waals surface area contributed by atoms with E-state index in [2.05, 4.69) is 5.32 Å². The van der Waals surface area contributed by atoms with E-state index in [0.717, 1.165) is 19.6 Å². The fraction of sp³-hybridized carbons (Fsp3) is 1.00. The van der Waals surface area contributed by atoms with Crippen LogP contribution < -0.4 is 5.32 Å². The molecule has 1 heterocycles. The van der Waals surface area contributed by atoms with Gasteiger partial charge in [-0.05, 0) is 13.3 Å². The molecule has 0 atom stereocenters. The Balaban J connectivity index is 2.05. The lowest BCUT2D eigenvalue weighted by molar-refractivity contribution is 0.149. The molecule has 15 heavy (non-hydrogen) atoms. The van der Waals surface area contributed by atoms with E-state index in [0.29, 0.717) is 32.0 Å². The van der Waals surface area contributed by atoms with Crippen LogP contribution in [0.15, 0.2) is 0 Å². The van der Waals surface area contributed by atoms with Crippen molar-refractivity contribution in [3.8, 4) is 0 Å². The van der Waals surface area contributed by atoms with Crippen LogP contribution in [0.4, 0.5) is 0 Å². The van der Waals surface area contributed by atoms with Gasteiger partial charge in [0, 0.05) is 32.8 Å². The molecule has 0 aliphatic carbocycles. The van der Waals surface area contributed by atoms with E-state index in [1.165, 1.54) is 0 Å². The van der Waals surface area contributed by atoms with E-state index in [4.69, 9.17) is 4.74 Å². The van der Waals surface area contributed by atoms with Crippen LogP contribution in [-0.4, -0.2) is 57.9 Å². The fourth-order valence-corrected chi connectivity index (χ4v) is 3.09. The molecular formula is C9H20N2O3S. The van der Waals surface area contributed by atoms with Crippen LogP contribution in [0.5, 0.6) is 0 Å². The summed E-state index contributed by atoms with van der Waals surface area (Å²) < 4.78 is 29.5. The summed E-state index contributed by atoms with van der Waals surface area (Å²) in [5.41, 5.74) is 0. The Labute approximate surface area is 91.8 Å². The van der Waals surface area contributed by atoms with Crippen LogP contribution in [0, 0.1) is 0 Å². The van der Waals surface area contributed by atoms with Crippen molar-refractivity contribution < 1.29 is 13.2 Å². The highest BCUT2D eigenvalue weighted by Gasteiger charge is 2.27. The standard InChI is InChI=1S/C9H20N2O3S/c1-2-14-8-5-10-4-7-11-6-3-9-15(11,12)13/h10H,2-9H2,1H3. The quantitative estimate of drug-likeness (QED) is 0.614. The van der Waals surface area contributed by atoms with E-state index in [-0.39, 0.29) is 0 Å². The summed E-state index contributed by atoms with van der Waals surface area (Å²) in [6.45, 7) is 6.10. The van der Waals surface area contributed by atoms with Gasteiger partial charge in [0.2, 0.25) is 10.0 Å². The zero-order valence-corrected chi connectivity index (χ0v) is 10.1. The minimum Gasteiger partial charge on any atom is -0.380 e. The topological polar surface area (TPSA) is 58.6 Å². The molecule has 1 aliphatic rings. The molecule has 90 valence electrons. The van der Waals surface area contributed by atoms with E-state index in [1.807, 2.05) is 6.92 Å². The number of rotatable bonds is 7. The van der Waals surface area contributed by atoms with Crippen LogP contribution in [0.2, 0.25) is 0 Å². The second-order valence-corrected chi connectivity index (χ2v) is 5.60. The minimum atomic E-state index is -2.92. The second-order valence-electron chi connectivity index (χ2n) is 3.52. The zero-order valence-electron chi connectivity index (χ0n) is 9.24. The lowest BCUT2D eigenvalue weighted by Gasteiger charge is -2.14.